The number of aromatic nitrogens is 3. The van der Waals surface area contributed by atoms with Crippen molar-refractivity contribution in [3.8, 4) is 5.75 Å². The summed E-state index contributed by atoms with van der Waals surface area (Å²) in [6.07, 6.45) is 5.12. The molecule has 0 saturated heterocycles. The number of nitrogens with zero attached hydrogens (tertiary/aromatic N) is 2. The van der Waals surface area contributed by atoms with Crippen molar-refractivity contribution in [3.63, 3.8) is 0 Å². The number of ether oxygens (including phenoxy) is 1. The molecular weight excluding hydrogens is 270 g/mol. The van der Waals surface area contributed by atoms with E-state index in [1.807, 2.05) is 12.1 Å². The number of methoxy groups -OCH3 is 1. The van der Waals surface area contributed by atoms with Crippen molar-refractivity contribution >= 4 is 11.8 Å². The molecule has 1 heterocycles. The molecule has 1 aliphatic carbocycles. The van der Waals surface area contributed by atoms with E-state index in [0.29, 0.717) is 5.92 Å². The standard InChI is InChI=1S/C15H19N3OS/c1-19-13-8-4-5-11(9-13)10-20-15-16-14(17-18-15)12-6-2-3-7-12/h4-5,8-9,12H,2-3,6-7,10H2,1H3,(H,16,17,18). The van der Waals surface area contributed by atoms with Gasteiger partial charge in [0, 0.05) is 11.7 Å². The highest BCUT2D eigenvalue weighted by Crippen LogP contribution is 2.33. The van der Waals surface area contributed by atoms with E-state index in [0.717, 1.165) is 22.5 Å². The second-order valence-electron chi connectivity index (χ2n) is 5.12. The van der Waals surface area contributed by atoms with Crippen molar-refractivity contribution in [1.82, 2.24) is 15.2 Å². The molecule has 3 rings (SSSR count). The number of benzene rings is 1. The molecule has 1 aliphatic rings. The Labute approximate surface area is 123 Å². The third-order valence-corrected chi connectivity index (χ3v) is 4.64. The van der Waals surface area contributed by atoms with Crippen LogP contribution in [0, 0.1) is 0 Å². The molecule has 0 aliphatic heterocycles. The zero-order valence-corrected chi connectivity index (χ0v) is 12.4. The Morgan fingerprint density at radius 3 is 3.00 bits per heavy atom. The summed E-state index contributed by atoms with van der Waals surface area (Å²) in [7, 11) is 1.69. The van der Waals surface area contributed by atoms with Gasteiger partial charge in [-0.2, -0.15) is 0 Å². The van der Waals surface area contributed by atoms with Gasteiger partial charge in [-0.05, 0) is 30.5 Å². The molecule has 20 heavy (non-hydrogen) atoms. The minimum Gasteiger partial charge on any atom is -0.497 e. The van der Waals surface area contributed by atoms with Crippen LogP contribution in [0.25, 0.3) is 0 Å². The second-order valence-corrected chi connectivity index (χ2v) is 6.07. The first kappa shape index (κ1) is 13.5. The van der Waals surface area contributed by atoms with Gasteiger partial charge in [0.05, 0.1) is 7.11 Å². The fourth-order valence-electron chi connectivity index (χ4n) is 2.61. The van der Waals surface area contributed by atoms with E-state index in [1.54, 1.807) is 18.9 Å². The molecule has 0 atom stereocenters. The van der Waals surface area contributed by atoms with Gasteiger partial charge in [-0.25, -0.2) is 4.98 Å². The Bertz CT molecular complexity index is 564. The van der Waals surface area contributed by atoms with Crippen LogP contribution in [-0.2, 0) is 5.75 Å². The van der Waals surface area contributed by atoms with E-state index in [1.165, 1.54) is 31.2 Å². The lowest BCUT2D eigenvalue weighted by Gasteiger charge is -2.03. The number of rotatable bonds is 5. The van der Waals surface area contributed by atoms with Gasteiger partial charge in [0.1, 0.15) is 11.6 Å². The Morgan fingerprint density at radius 2 is 2.20 bits per heavy atom. The summed E-state index contributed by atoms with van der Waals surface area (Å²) in [6, 6.07) is 8.12. The number of thioether (sulfide) groups is 1. The van der Waals surface area contributed by atoms with Crippen LogP contribution in [0.4, 0.5) is 0 Å². The summed E-state index contributed by atoms with van der Waals surface area (Å²) in [6.45, 7) is 0. The molecule has 1 fully saturated rings. The fourth-order valence-corrected chi connectivity index (χ4v) is 3.36. The first-order valence-corrected chi connectivity index (χ1v) is 8.02. The zero-order valence-electron chi connectivity index (χ0n) is 11.6. The van der Waals surface area contributed by atoms with Gasteiger partial charge in [-0.15, -0.1) is 5.10 Å². The van der Waals surface area contributed by atoms with E-state index in [9.17, 15) is 0 Å². The molecule has 0 bridgehead atoms. The maximum Gasteiger partial charge on any atom is 0.208 e. The number of aromatic amines is 1. The smallest absolute Gasteiger partial charge is 0.208 e. The zero-order chi connectivity index (χ0) is 13.8. The Kier molecular flexibility index (Phi) is 4.25. The van der Waals surface area contributed by atoms with Gasteiger partial charge in [-0.3, -0.25) is 5.10 Å². The number of hydrogen-bond acceptors (Lipinski definition) is 4. The highest BCUT2D eigenvalue weighted by Gasteiger charge is 2.20. The molecule has 4 nitrogen and oxygen atoms in total. The molecule has 0 spiro atoms. The van der Waals surface area contributed by atoms with Gasteiger partial charge in [0.25, 0.3) is 0 Å². The van der Waals surface area contributed by atoms with Crippen LogP contribution in [0.5, 0.6) is 5.75 Å². The SMILES string of the molecule is COc1cccc(CSc2n[nH]c(C3CCCC3)n2)c1. The van der Waals surface area contributed by atoms with Gasteiger partial charge in [-0.1, -0.05) is 36.7 Å². The molecule has 106 valence electrons. The van der Waals surface area contributed by atoms with Crippen molar-refractivity contribution in [2.24, 2.45) is 0 Å². The average Bonchev–Trinajstić information content (AvgIpc) is 3.16. The number of hydrogen-bond donors (Lipinski definition) is 1. The molecular formula is C15H19N3OS. The lowest BCUT2D eigenvalue weighted by atomic mass is 10.1. The van der Waals surface area contributed by atoms with E-state index < -0.39 is 0 Å². The average molecular weight is 289 g/mol. The Balaban J connectivity index is 1.60. The minimum atomic E-state index is 0.591. The quantitative estimate of drug-likeness (QED) is 0.851. The fraction of sp³-hybridized carbons (Fsp3) is 0.467. The monoisotopic (exact) mass is 289 g/mol. The van der Waals surface area contributed by atoms with Crippen molar-refractivity contribution in [1.29, 1.82) is 0 Å². The highest BCUT2D eigenvalue weighted by molar-refractivity contribution is 7.98. The number of nitrogens with one attached hydrogen (secondary N) is 1. The van der Waals surface area contributed by atoms with Crippen molar-refractivity contribution in [2.75, 3.05) is 7.11 Å². The molecule has 1 N–H and O–H groups in total. The van der Waals surface area contributed by atoms with E-state index >= 15 is 0 Å². The van der Waals surface area contributed by atoms with Crippen LogP contribution in [0.15, 0.2) is 29.4 Å². The molecule has 2 aromatic rings. The summed E-state index contributed by atoms with van der Waals surface area (Å²) < 4.78 is 5.23. The third-order valence-electron chi connectivity index (χ3n) is 3.73. The largest absolute Gasteiger partial charge is 0.497 e. The predicted molar refractivity (Wildman–Crippen MR) is 80.1 cm³/mol. The summed E-state index contributed by atoms with van der Waals surface area (Å²) in [5.74, 6) is 3.41. The van der Waals surface area contributed by atoms with Crippen molar-refractivity contribution in [2.45, 2.75) is 42.5 Å². The molecule has 5 heteroatoms. The first-order chi connectivity index (χ1) is 9.85. The number of H-pyrrole nitrogens is 1. The molecule has 1 aromatic carbocycles. The topological polar surface area (TPSA) is 50.8 Å². The van der Waals surface area contributed by atoms with Gasteiger partial charge < -0.3 is 4.74 Å². The Hall–Kier alpha value is -1.49. The normalized spacial score (nSPS) is 15.7. The Morgan fingerprint density at radius 1 is 1.35 bits per heavy atom. The van der Waals surface area contributed by atoms with Gasteiger partial charge in [0.15, 0.2) is 0 Å². The second kappa shape index (κ2) is 6.31. The highest BCUT2D eigenvalue weighted by atomic mass is 32.2. The summed E-state index contributed by atoms with van der Waals surface area (Å²) in [5, 5.41) is 8.26. The van der Waals surface area contributed by atoms with Crippen LogP contribution in [0.3, 0.4) is 0 Å². The third kappa shape index (κ3) is 3.15. The maximum atomic E-state index is 5.23. The van der Waals surface area contributed by atoms with Gasteiger partial charge in [0.2, 0.25) is 5.16 Å². The molecule has 0 unspecified atom stereocenters. The van der Waals surface area contributed by atoms with Crippen molar-refractivity contribution in [3.05, 3.63) is 35.7 Å². The van der Waals surface area contributed by atoms with Gasteiger partial charge >= 0.3 is 0 Å². The molecule has 0 amide bonds. The van der Waals surface area contributed by atoms with Crippen LogP contribution in [0.1, 0.15) is 43.0 Å². The van der Waals surface area contributed by atoms with Crippen LogP contribution < -0.4 is 4.74 Å². The predicted octanol–water partition coefficient (Wildman–Crippen LogP) is 3.76. The molecule has 1 aromatic heterocycles. The van der Waals surface area contributed by atoms with Crippen LogP contribution in [0.2, 0.25) is 0 Å². The van der Waals surface area contributed by atoms with E-state index in [4.69, 9.17) is 4.74 Å². The molecule has 1 saturated carbocycles. The summed E-state index contributed by atoms with van der Waals surface area (Å²) in [5.41, 5.74) is 1.22. The van der Waals surface area contributed by atoms with Crippen LogP contribution in [-0.4, -0.2) is 22.3 Å². The lowest BCUT2D eigenvalue weighted by molar-refractivity contribution is 0.414. The summed E-state index contributed by atoms with van der Waals surface area (Å²) >= 11 is 1.66. The summed E-state index contributed by atoms with van der Waals surface area (Å²) in [4.78, 5) is 4.61. The molecule has 0 radical (unpaired) electrons. The van der Waals surface area contributed by atoms with E-state index in [2.05, 4.69) is 27.3 Å². The first-order valence-electron chi connectivity index (χ1n) is 7.03. The minimum absolute atomic E-state index is 0.591. The van der Waals surface area contributed by atoms with Crippen molar-refractivity contribution < 1.29 is 4.74 Å². The van der Waals surface area contributed by atoms with E-state index in [-0.39, 0.29) is 0 Å². The maximum absolute atomic E-state index is 5.23. The van der Waals surface area contributed by atoms with Crippen LogP contribution >= 0.6 is 11.8 Å². The lowest BCUT2D eigenvalue weighted by Crippen LogP contribution is -1.94.